The van der Waals surface area contributed by atoms with Crippen LogP contribution in [0.3, 0.4) is 0 Å². The number of hydrogen-bond donors (Lipinski definition) is 1. The molecule has 1 heterocycles. The van der Waals surface area contributed by atoms with Crippen molar-refractivity contribution in [1.82, 2.24) is 5.32 Å². The molecule has 0 amide bonds. The summed E-state index contributed by atoms with van der Waals surface area (Å²) in [5.74, 6) is 0.570. The van der Waals surface area contributed by atoms with Gasteiger partial charge in [-0.2, -0.15) is 0 Å². The van der Waals surface area contributed by atoms with Crippen LogP contribution in [0.2, 0.25) is 0 Å². The van der Waals surface area contributed by atoms with Crippen LogP contribution in [0.5, 0.6) is 5.75 Å². The van der Waals surface area contributed by atoms with Crippen molar-refractivity contribution in [2.75, 3.05) is 13.7 Å². The van der Waals surface area contributed by atoms with E-state index in [1.807, 2.05) is 0 Å². The standard InChI is InChI=1S/C11H14FNO/c1-14-11-5-4-8(12)7-9(11)10-3-2-6-13-10/h4-5,7,10,13H,2-3,6H2,1H3. The van der Waals surface area contributed by atoms with Crippen LogP contribution in [0.4, 0.5) is 4.39 Å². The molecule has 3 heteroatoms. The monoisotopic (exact) mass is 195 g/mol. The summed E-state index contributed by atoms with van der Waals surface area (Å²) in [5, 5.41) is 3.33. The zero-order valence-corrected chi connectivity index (χ0v) is 8.22. The van der Waals surface area contributed by atoms with Crippen LogP contribution < -0.4 is 10.1 Å². The van der Waals surface area contributed by atoms with Gasteiger partial charge >= 0.3 is 0 Å². The summed E-state index contributed by atoms with van der Waals surface area (Å²) in [6, 6.07) is 4.92. The summed E-state index contributed by atoms with van der Waals surface area (Å²) < 4.78 is 18.3. The second-order valence-electron chi connectivity index (χ2n) is 3.54. The quantitative estimate of drug-likeness (QED) is 0.781. The summed E-state index contributed by atoms with van der Waals surface area (Å²) in [7, 11) is 1.62. The van der Waals surface area contributed by atoms with Crippen molar-refractivity contribution in [3.63, 3.8) is 0 Å². The van der Waals surface area contributed by atoms with E-state index in [4.69, 9.17) is 4.74 Å². The molecule has 0 spiro atoms. The summed E-state index contributed by atoms with van der Waals surface area (Å²) in [5.41, 5.74) is 0.935. The van der Waals surface area contributed by atoms with Gasteiger partial charge in [0.25, 0.3) is 0 Å². The van der Waals surface area contributed by atoms with Gasteiger partial charge < -0.3 is 10.1 Å². The van der Waals surface area contributed by atoms with Crippen molar-refractivity contribution in [3.8, 4) is 5.75 Å². The Hall–Kier alpha value is -1.09. The van der Waals surface area contributed by atoms with Gasteiger partial charge in [0.05, 0.1) is 7.11 Å². The summed E-state index contributed by atoms with van der Waals surface area (Å²) >= 11 is 0. The molecule has 2 nitrogen and oxygen atoms in total. The molecular formula is C11H14FNO. The van der Waals surface area contributed by atoms with Gasteiger partial charge in [-0.15, -0.1) is 0 Å². The van der Waals surface area contributed by atoms with Crippen molar-refractivity contribution < 1.29 is 9.13 Å². The fraction of sp³-hybridized carbons (Fsp3) is 0.455. The molecule has 1 saturated heterocycles. The lowest BCUT2D eigenvalue weighted by Gasteiger charge is -2.14. The topological polar surface area (TPSA) is 21.3 Å². The maximum Gasteiger partial charge on any atom is 0.123 e. The van der Waals surface area contributed by atoms with Gasteiger partial charge in [-0.1, -0.05) is 0 Å². The van der Waals surface area contributed by atoms with Gasteiger partial charge in [-0.25, -0.2) is 4.39 Å². The van der Waals surface area contributed by atoms with Crippen molar-refractivity contribution in [1.29, 1.82) is 0 Å². The fourth-order valence-corrected chi connectivity index (χ4v) is 1.93. The second-order valence-corrected chi connectivity index (χ2v) is 3.54. The molecule has 0 radical (unpaired) electrons. The predicted molar refractivity (Wildman–Crippen MR) is 52.9 cm³/mol. The molecule has 1 aromatic carbocycles. The Morgan fingerprint density at radius 3 is 3.00 bits per heavy atom. The first-order valence-electron chi connectivity index (χ1n) is 4.88. The maximum atomic E-state index is 13.1. The molecule has 0 aromatic heterocycles. The SMILES string of the molecule is COc1ccc(F)cc1C1CCCN1. The van der Waals surface area contributed by atoms with Gasteiger partial charge in [0, 0.05) is 11.6 Å². The first kappa shape index (κ1) is 9.46. The molecule has 76 valence electrons. The molecule has 1 aromatic rings. The molecule has 0 aliphatic carbocycles. The Labute approximate surface area is 83.1 Å². The molecule has 14 heavy (non-hydrogen) atoms. The predicted octanol–water partition coefficient (Wildman–Crippen LogP) is 2.26. The van der Waals surface area contributed by atoms with Crippen molar-refractivity contribution in [2.24, 2.45) is 0 Å². The highest BCUT2D eigenvalue weighted by molar-refractivity contribution is 5.36. The van der Waals surface area contributed by atoms with Crippen LogP contribution in [0, 0.1) is 5.82 Å². The van der Waals surface area contributed by atoms with Crippen LogP contribution >= 0.6 is 0 Å². The summed E-state index contributed by atoms with van der Waals surface area (Å²) in [4.78, 5) is 0. The molecule has 1 N–H and O–H groups in total. The number of rotatable bonds is 2. The Kier molecular flexibility index (Phi) is 2.68. The van der Waals surface area contributed by atoms with Crippen LogP contribution in [-0.2, 0) is 0 Å². The summed E-state index contributed by atoms with van der Waals surface area (Å²) in [6.45, 7) is 1.00. The highest BCUT2D eigenvalue weighted by Crippen LogP contribution is 2.31. The fourth-order valence-electron chi connectivity index (χ4n) is 1.93. The van der Waals surface area contributed by atoms with Gasteiger partial charge in [-0.05, 0) is 37.6 Å². The lowest BCUT2D eigenvalue weighted by Crippen LogP contribution is -2.14. The third kappa shape index (κ3) is 1.73. The average molecular weight is 195 g/mol. The molecule has 1 unspecified atom stereocenters. The highest BCUT2D eigenvalue weighted by atomic mass is 19.1. The lowest BCUT2D eigenvalue weighted by molar-refractivity contribution is 0.401. The zero-order chi connectivity index (χ0) is 9.97. The average Bonchev–Trinajstić information content (AvgIpc) is 2.70. The van der Waals surface area contributed by atoms with Crippen molar-refractivity contribution >= 4 is 0 Å². The molecule has 0 saturated carbocycles. The molecular weight excluding hydrogens is 181 g/mol. The van der Waals surface area contributed by atoms with E-state index in [-0.39, 0.29) is 11.9 Å². The number of halogens is 1. The largest absolute Gasteiger partial charge is 0.496 e. The lowest BCUT2D eigenvalue weighted by atomic mass is 10.0. The van der Waals surface area contributed by atoms with E-state index >= 15 is 0 Å². The minimum absolute atomic E-state index is 0.200. The Morgan fingerprint density at radius 1 is 1.50 bits per heavy atom. The van der Waals surface area contributed by atoms with Gasteiger partial charge in [0.2, 0.25) is 0 Å². The van der Waals surface area contributed by atoms with E-state index in [1.165, 1.54) is 6.07 Å². The minimum Gasteiger partial charge on any atom is -0.496 e. The van der Waals surface area contributed by atoms with Crippen LogP contribution in [0.15, 0.2) is 18.2 Å². The van der Waals surface area contributed by atoms with E-state index in [9.17, 15) is 4.39 Å². The first-order chi connectivity index (χ1) is 6.81. The van der Waals surface area contributed by atoms with Crippen LogP contribution in [0.1, 0.15) is 24.4 Å². The van der Waals surface area contributed by atoms with Gasteiger partial charge in [0.1, 0.15) is 11.6 Å². The Morgan fingerprint density at radius 2 is 2.36 bits per heavy atom. The number of benzene rings is 1. The third-order valence-electron chi connectivity index (χ3n) is 2.63. The number of methoxy groups -OCH3 is 1. The first-order valence-corrected chi connectivity index (χ1v) is 4.88. The highest BCUT2D eigenvalue weighted by Gasteiger charge is 2.20. The number of nitrogens with one attached hydrogen (secondary N) is 1. The van der Waals surface area contributed by atoms with E-state index in [0.717, 1.165) is 30.7 Å². The van der Waals surface area contributed by atoms with E-state index in [2.05, 4.69) is 5.32 Å². The summed E-state index contributed by atoms with van der Waals surface area (Å²) in [6.07, 6.45) is 2.20. The molecule has 1 fully saturated rings. The number of ether oxygens (including phenoxy) is 1. The van der Waals surface area contributed by atoms with E-state index in [1.54, 1.807) is 19.2 Å². The maximum absolute atomic E-state index is 13.1. The smallest absolute Gasteiger partial charge is 0.123 e. The van der Waals surface area contributed by atoms with Gasteiger partial charge in [0.15, 0.2) is 0 Å². The van der Waals surface area contributed by atoms with E-state index < -0.39 is 0 Å². The number of hydrogen-bond acceptors (Lipinski definition) is 2. The third-order valence-corrected chi connectivity index (χ3v) is 2.63. The molecule has 1 aliphatic rings. The Balaban J connectivity index is 2.33. The molecule has 2 rings (SSSR count). The second kappa shape index (κ2) is 3.96. The normalized spacial score (nSPS) is 21.1. The van der Waals surface area contributed by atoms with Crippen LogP contribution in [0.25, 0.3) is 0 Å². The van der Waals surface area contributed by atoms with E-state index in [0.29, 0.717) is 0 Å². The zero-order valence-electron chi connectivity index (χ0n) is 8.22. The van der Waals surface area contributed by atoms with Crippen molar-refractivity contribution in [2.45, 2.75) is 18.9 Å². The minimum atomic E-state index is -0.200. The Bertz CT molecular complexity index is 321. The van der Waals surface area contributed by atoms with Crippen molar-refractivity contribution in [3.05, 3.63) is 29.6 Å². The molecule has 0 bridgehead atoms. The molecule has 1 aliphatic heterocycles. The van der Waals surface area contributed by atoms with Gasteiger partial charge in [-0.3, -0.25) is 0 Å². The van der Waals surface area contributed by atoms with Crippen LogP contribution in [-0.4, -0.2) is 13.7 Å². The molecule has 1 atom stereocenters.